The van der Waals surface area contributed by atoms with Crippen molar-refractivity contribution in [1.82, 2.24) is 10.6 Å². The molecule has 2 N–H and O–H groups in total. The van der Waals surface area contributed by atoms with E-state index in [9.17, 15) is 9.59 Å². The first-order valence-electron chi connectivity index (χ1n) is 10.2. The molecule has 0 aromatic carbocycles. The quantitative estimate of drug-likeness (QED) is 0.363. The fraction of sp³-hybridized carbons (Fsp3) is 0.900. The van der Waals surface area contributed by atoms with Gasteiger partial charge in [0.15, 0.2) is 5.79 Å². The molecule has 0 atom stereocenters. The molecule has 1 saturated carbocycles. The number of Topliss-reactive ketones (excluding diaryl/α,β-unsaturated/α-hetero) is 1. The number of hydrogen-bond donors (Lipinski definition) is 2. The van der Waals surface area contributed by atoms with Gasteiger partial charge in [0.05, 0.1) is 13.2 Å². The smallest absolute Gasteiger partial charge is 0.220 e. The lowest BCUT2D eigenvalue weighted by molar-refractivity contribution is -0.230. The SMILES string of the molecule is CC(C)NCCOC1(OCCNC(=O)CCCC(=O)C(C)C)CCCC1. The molecule has 0 aromatic rings. The topological polar surface area (TPSA) is 76.7 Å². The molecule has 1 aliphatic rings. The van der Waals surface area contributed by atoms with E-state index in [1.807, 2.05) is 13.8 Å². The Balaban J connectivity index is 2.16. The van der Waals surface area contributed by atoms with E-state index in [-0.39, 0.29) is 17.6 Å². The summed E-state index contributed by atoms with van der Waals surface area (Å²) >= 11 is 0. The minimum atomic E-state index is -0.479. The lowest BCUT2D eigenvalue weighted by Gasteiger charge is -2.30. The van der Waals surface area contributed by atoms with Gasteiger partial charge in [-0.3, -0.25) is 9.59 Å². The van der Waals surface area contributed by atoms with Crippen molar-refractivity contribution >= 4 is 11.7 Å². The first kappa shape index (κ1) is 23.1. The number of ether oxygens (including phenoxy) is 2. The summed E-state index contributed by atoms with van der Waals surface area (Å²) in [5, 5.41) is 6.21. The number of carbonyl (C=O) groups excluding carboxylic acids is 2. The molecule has 0 spiro atoms. The fourth-order valence-corrected chi connectivity index (χ4v) is 3.06. The zero-order valence-electron chi connectivity index (χ0n) is 17.1. The van der Waals surface area contributed by atoms with Crippen molar-refractivity contribution in [1.29, 1.82) is 0 Å². The van der Waals surface area contributed by atoms with Crippen LogP contribution in [0.2, 0.25) is 0 Å². The maximum atomic E-state index is 11.8. The third-order valence-electron chi connectivity index (χ3n) is 4.65. The van der Waals surface area contributed by atoms with Crippen molar-refractivity contribution in [3.63, 3.8) is 0 Å². The average molecular weight is 371 g/mol. The Labute approximate surface area is 158 Å². The predicted octanol–water partition coefficient (Wildman–Crippen LogP) is 2.80. The van der Waals surface area contributed by atoms with Crippen LogP contribution in [0.1, 0.15) is 72.6 Å². The first-order valence-corrected chi connectivity index (χ1v) is 10.2. The van der Waals surface area contributed by atoms with Crippen molar-refractivity contribution in [2.24, 2.45) is 5.92 Å². The highest BCUT2D eigenvalue weighted by Gasteiger charge is 2.35. The van der Waals surface area contributed by atoms with E-state index >= 15 is 0 Å². The van der Waals surface area contributed by atoms with Crippen LogP contribution in [0.5, 0.6) is 0 Å². The van der Waals surface area contributed by atoms with E-state index in [2.05, 4.69) is 24.5 Å². The second kappa shape index (κ2) is 12.4. The zero-order valence-corrected chi connectivity index (χ0v) is 17.1. The van der Waals surface area contributed by atoms with E-state index in [0.717, 1.165) is 32.2 Å². The standard InChI is InChI=1S/C20H38N2O4/c1-16(2)18(23)8-7-9-19(24)22-13-15-26-20(10-5-6-11-20)25-14-12-21-17(3)4/h16-17,21H,5-15H2,1-4H3,(H,22,24). The molecule has 152 valence electrons. The molecular formula is C20H38N2O4. The van der Waals surface area contributed by atoms with Crippen LogP contribution in [0.25, 0.3) is 0 Å². The van der Waals surface area contributed by atoms with Gasteiger partial charge < -0.3 is 20.1 Å². The Bertz CT molecular complexity index is 418. The molecule has 0 bridgehead atoms. The number of rotatable bonds is 14. The van der Waals surface area contributed by atoms with E-state index in [4.69, 9.17) is 9.47 Å². The summed E-state index contributed by atoms with van der Waals surface area (Å²) in [5.74, 6) is -0.238. The minimum absolute atomic E-state index is 0.0207. The van der Waals surface area contributed by atoms with Crippen LogP contribution >= 0.6 is 0 Å². The summed E-state index contributed by atoms with van der Waals surface area (Å²) < 4.78 is 12.0. The van der Waals surface area contributed by atoms with Gasteiger partial charge in [0.1, 0.15) is 5.78 Å². The highest BCUT2D eigenvalue weighted by atomic mass is 16.7. The number of nitrogens with one attached hydrogen (secondary N) is 2. The number of hydrogen-bond acceptors (Lipinski definition) is 5. The maximum Gasteiger partial charge on any atom is 0.220 e. The Morgan fingerprint density at radius 1 is 0.962 bits per heavy atom. The van der Waals surface area contributed by atoms with Gasteiger partial charge in [-0.05, 0) is 19.3 Å². The molecule has 0 aromatic heterocycles. The summed E-state index contributed by atoms with van der Waals surface area (Å²) in [6.45, 7) is 10.4. The Morgan fingerprint density at radius 2 is 1.58 bits per heavy atom. The van der Waals surface area contributed by atoms with Crippen molar-refractivity contribution in [3.05, 3.63) is 0 Å². The van der Waals surface area contributed by atoms with Gasteiger partial charge in [0.2, 0.25) is 5.91 Å². The van der Waals surface area contributed by atoms with Gasteiger partial charge in [-0.25, -0.2) is 0 Å². The van der Waals surface area contributed by atoms with Crippen LogP contribution in [0, 0.1) is 5.92 Å². The average Bonchev–Trinajstić information content (AvgIpc) is 3.04. The molecule has 1 aliphatic carbocycles. The van der Waals surface area contributed by atoms with Gasteiger partial charge >= 0.3 is 0 Å². The third kappa shape index (κ3) is 9.64. The molecule has 0 heterocycles. The zero-order chi connectivity index (χ0) is 19.4. The Morgan fingerprint density at radius 3 is 2.15 bits per heavy atom. The fourth-order valence-electron chi connectivity index (χ4n) is 3.06. The molecule has 0 radical (unpaired) electrons. The number of amides is 1. The van der Waals surface area contributed by atoms with Gasteiger partial charge in [0.25, 0.3) is 0 Å². The van der Waals surface area contributed by atoms with Gasteiger partial charge in [-0.15, -0.1) is 0 Å². The third-order valence-corrected chi connectivity index (χ3v) is 4.65. The largest absolute Gasteiger partial charge is 0.354 e. The van der Waals surface area contributed by atoms with Crippen molar-refractivity contribution < 1.29 is 19.1 Å². The van der Waals surface area contributed by atoms with Gasteiger partial charge in [0, 0.05) is 50.7 Å². The maximum absolute atomic E-state index is 11.8. The van der Waals surface area contributed by atoms with Crippen molar-refractivity contribution in [2.45, 2.75) is 84.5 Å². The minimum Gasteiger partial charge on any atom is -0.354 e. The van der Waals surface area contributed by atoms with E-state index in [1.54, 1.807) is 0 Å². The number of carbonyl (C=O) groups is 2. The molecule has 6 heteroatoms. The summed E-state index contributed by atoms with van der Waals surface area (Å²) in [6.07, 6.45) is 5.55. The van der Waals surface area contributed by atoms with Gasteiger partial charge in [-0.2, -0.15) is 0 Å². The van der Waals surface area contributed by atoms with Crippen molar-refractivity contribution in [3.8, 4) is 0 Å². The van der Waals surface area contributed by atoms with Crippen LogP contribution in [0.3, 0.4) is 0 Å². The molecule has 0 aliphatic heterocycles. The van der Waals surface area contributed by atoms with E-state index in [0.29, 0.717) is 45.1 Å². The molecule has 1 amide bonds. The monoisotopic (exact) mass is 370 g/mol. The Hall–Kier alpha value is -0.980. The summed E-state index contributed by atoms with van der Waals surface area (Å²) in [5.41, 5.74) is 0. The van der Waals surface area contributed by atoms with E-state index < -0.39 is 5.79 Å². The highest BCUT2D eigenvalue weighted by molar-refractivity contribution is 5.81. The summed E-state index contributed by atoms with van der Waals surface area (Å²) in [6, 6.07) is 0.449. The molecule has 0 saturated heterocycles. The molecular weight excluding hydrogens is 332 g/mol. The summed E-state index contributed by atoms with van der Waals surface area (Å²) in [4.78, 5) is 23.4. The van der Waals surface area contributed by atoms with Crippen LogP contribution < -0.4 is 10.6 Å². The van der Waals surface area contributed by atoms with Crippen LogP contribution in [0.15, 0.2) is 0 Å². The van der Waals surface area contributed by atoms with Gasteiger partial charge in [-0.1, -0.05) is 27.7 Å². The van der Waals surface area contributed by atoms with Crippen LogP contribution in [-0.2, 0) is 19.1 Å². The molecule has 1 rings (SSSR count). The van der Waals surface area contributed by atoms with Crippen LogP contribution in [0.4, 0.5) is 0 Å². The van der Waals surface area contributed by atoms with Crippen molar-refractivity contribution in [2.75, 3.05) is 26.3 Å². The molecule has 6 nitrogen and oxygen atoms in total. The lowest BCUT2D eigenvalue weighted by Crippen LogP contribution is -2.38. The summed E-state index contributed by atoms with van der Waals surface area (Å²) in [7, 11) is 0. The second-order valence-corrected chi connectivity index (χ2v) is 7.75. The highest BCUT2D eigenvalue weighted by Crippen LogP contribution is 2.34. The first-order chi connectivity index (χ1) is 12.3. The molecule has 0 unspecified atom stereocenters. The number of ketones is 1. The predicted molar refractivity (Wildman–Crippen MR) is 103 cm³/mol. The van der Waals surface area contributed by atoms with E-state index in [1.165, 1.54) is 0 Å². The normalized spacial score (nSPS) is 16.4. The van der Waals surface area contributed by atoms with Crippen LogP contribution in [-0.4, -0.2) is 49.8 Å². The second-order valence-electron chi connectivity index (χ2n) is 7.75. The molecule has 26 heavy (non-hydrogen) atoms. The lowest BCUT2D eigenvalue weighted by atomic mass is 10.0. The Kier molecular flexibility index (Phi) is 11.0. The molecule has 1 fully saturated rings.